The van der Waals surface area contributed by atoms with Crippen LogP contribution in [0.1, 0.15) is 55.6 Å². The number of primary amides is 1. The van der Waals surface area contributed by atoms with Gasteiger partial charge in [-0.1, -0.05) is 30.3 Å². The molecule has 178 valence electrons. The fourth-order valence-corrected chi connectivity index (χ4v) is 5.63. The number of benzene rings is 2. The summed E-state index contributed by atoms with van der Waals surface area (Å²) in [5.74, 6) is 1.62. The van der Waals surface area contributed by atoms with E-state index in [1.807, 2.05) is 30.3 Å². The summed E-state index contributed by atoms with van der Waals surface area (Å²) in [6.45, 7) is 2.99. The third kappa shape index (κ3) is 4.15. The lowest BCUT2D eigenvalue weighted by atomic mass is 9.64. The van der Waals surface area contributed by atoms with Crippen LogP contribution in [0, 0.1) is 18.7 Å². The first kappa shape index (κ1) is 23.1. The molecule has 0 atom stereocenters. The van der Waals surface area contributed by atoms with Crippen molar-refractivity contribution >= 4 is 21.8 Å². The summed E-state index contributed by atoms with van der Waals surface area (Å²) < 4.78 is 23.5. The normalized spacial score (nSPS) is 24.7. The van der Waals surface area contributed by atoms with Crippen molar-refractivity contribution in [3.05, 3.63) is 82.1 Å². The Morgan fingerprint density at radius 1 is 1.12 bits per heavy atom. The van der Waals surface area contributed by atoms with Crippen LogP contribution in [-0.2, 0) is 22.4 Å². The van der Waals surface area contributed by atoms with Gasteiger partial charge in [0.15, 0.2) is 11.4 Å². The average Bonchev–Trinajstić information content (AvgIpc) is 3.61. The van der Waals surface area contributed by atoms with Crippen molar-refractivity contribution in [1.29, 1.82) is 0 Å². The van der Waals surface area contributed by atoms with Gasteiger partial charge < -0.3 is 15.0 Å². The van der Waals surface area contributed by atoms with Gasteiger partial charge in [0.1, 0.15) is 16.2 Å². The molecule has 2 aliphatic carbocycles. The van der Waals surface area contributed by atoms with Crippen LogP contribution in [0.5, 0.6) is 5.75 Å². The molecule has 7 heteroatoms. The van der Waals surface area contributed by atoms with Gasteiger partial charge in [0, 0.05) is 12.2 Å². The molecule has 1 amide bonds. The zero-order valence-corrected chi connectivity index (χ0v) is 20.9. The summed E-state index contributed by atoms with van der Waals surface area (Å²) in [6, 6.07) is 15.9. The maximum atomic E-state index is 13.6. The Labute approximate surface area is 207 Å². The first-order valence-electron chi connectivity index (χ1n) is 11.9. The second-order valence-corrected chi connectivity index (χ2v) is 10.5. The predicted molar refractivity (Wildman–Crippen MR) is 132 cm³/mol. The minimum Gasteiger partial charge on any atom is -0.479 e. The highest BCUT2D eigenvalue weighted by atomic mass is 79.9. The number of halogens is 2. The van der Waals surface area contributed by atoms with Crippen molar-refractivity contribution in [2.75, 3.05) is 0 Å². The summed E-state index contributed by atoms with van der Waals surface area (Å²) >= 11 is 3.65. The number of para-hydroxylation sites is 1. The van der Waals surface area contributed by atoms with Crippen LogP contribution < -0.4 is 10.5 Å². The van der Waals surface area contributed by atoms with Crippen LogP contribution in [0.25, 0.3) is 0 Å². The number of ether oxygens (including phenoxy) is 1. The van der Waals surface area contributed by atoms with Crippen LogP contribution in [0.15, 0.2) is 59.2 Å². The minimum absolute atomic E-state index is 0.330. The lowest BCUT2D eigenvalue weighted by Crippen LogP contribution is -2.50. The van der Waals surface area contributed by atoms with Crippen molar-refractivity contribution in [3.8, 4) is 5.75 Å². The molecule has 2 saturated carbocycles. The van der Waals surface area contributed by atoms with Gasteiger partial charge in [-0.15, -0.1) is 0 Å². The number of hydrogen-bond acceptors (Lipinski definition) is 3. The van der Waals surface area contributed by atoms with Gasteiger partial charge in [0.2, 0.25) is 5.91 Å². The van der Waals surface area contributed by atoms with Gasteiger partial charge in [-0.05, 0) is 97.1 Å². The largest absolute Gasteiger partial charge is 0.479 e. The number of rotatable bonds is 7. The van der Waals surface area contributed by atoms with Gasteiger partial charge >= 0.3 is 0 Å². The third-order valence-electron chi connectivity index (χ3n) is 7.54. The number of imidazole rings is 1. The average molecular weight is 526 g/mol. The van der Waals surface area contributed by atoms with E-state index in [0.29, 0.717) is 31.6 Å². The number of carbonyl (C=O) groups is 1. The van der Waals surface area contributed by atoms with E-state index < -0.39 is 11.0 Å². The number of hydrogen-bond donors (Lipinski definition) is 1. The van der Waals surface area contributed by atoms with Gasteiger partial charge in [0.05, 0.1) is 5.41 Å². The molecule has 0 spiro atoms. The highest BCUT2D eigenvalue weighted by molar-refractivity contribution is 9.10. The van der Waals surface area contributed by atoms with E-state index in [1.54, 1.807) is 12.1 Å². The zero-order chi connectivity index (χ0) is 23.9. The smallest absolute Gasteiger partial charge is 0.228 e. The quantitative estimate of drug-likeness (QED) is 0.425. The first-order chi connectivity index (χ1) is 16.3. The molecule has 2 N–H and O–H groups in total. The molecule has 0 saturated heterocycles. The second-order valence-electron chi connectivity index (χ2n) is 9.73. The monoisotopic (exact) mass is 525 g/mol. The second kappa shape index (κ2) is 8.84. The zero-order valence-electron chi connectivity index (χ0n) is 19.3. The van der Waals surface area contributed by atoms with Crippen molar-refractivity contribution < 1.29 is 13.9 Å². The molecule has 5 rings (SSSR count). The fourth-order valence-electron chi connectivity index (χ4n) is 5.25. The van der Waals surface area contributed by atoms with E-state index in [-0.39, 0.29) is 11.7 Å². The molecule has 2 aromatic carbocycles. The number of nitrogens with zero attached hydrogens (tertiary/aromatic N) is 2. The van der Waals surface area contributed by atoms with Gasteiger partial charge in [-0.3, -0.25) is 4.79 Å². The highest BCUT2D eigenvalue weighted by Crippen LogP contribution is 2.50. The van der Waals surface area contributed by atoms with Crippen LogP contribution >= 0.6 is 15.9 Å². The Morgan fingerprint density at radius 2 is 1.76 bits per heavy atom. The lowest BCUT2D eigenvalue weighted by Gasteiger charge is -2.45. The molecule has 1 aromatic heterocycles. The number of amides is 1. The summed E-state index contributed by atoms with van der Waals surface area (Å²) in [5, 5.41) is 0. The van der Waals surface area contributed by atoms with Crippen molar-refractivity contribution in [3.63, 3.8) is 0 Å². The summed E-state index contributed by atoms with van der Waals surface area (Å²) in [4.78, 5) is 17.8. The Balaban J connectivity index is 1.56. The predicted octanol–water partition coefficient (Wildman–Crippen LogP) is 5.77. The van der Waals surface area contributed by atoms with Crippen LogP contribution in [-0.4, -0.2) is 15.5 Å². The van der Waals surface area contributed by atoms with E-state index in [1.165, 1.54) is 25.0 Å². The molecule has 2 fully saturated rings. The Kier molecular flexibility index (Phi) is 6.00. The molecular weight excluding hydrogens is 497 g/mol. The minimum atomic E-state index is -0.864. The van der Waals surface area contributed by atoms with Gasteiger partial charge in [-0.2, -0.15) is 0 Å². The summed E-state index contributed by atoms with van der Waals surface area (Å²) in [6.07, 6.45) is 4.58. The molecule has 34 heavy (non-hydrogen) atoms. The van der Waals surface area contributed by atoms with Crippen molar-refractivity contribution in [1.82, 2.24) is 9.55 Å². The summed E-state index contributed by atoms with van der Waals surface area (Å²) in [7, 11) is 0. The molecule has 1 heterocycles. The Bertz CT molecular complexity index is 1180. The maximum absolute atomic E-state index is 13.6. The highest BCUT2D eigenvalue weighted by Gasteiger charge is 2.51. The van der Waals surface area contributed by atoms with Crippen LogP contribution in [0.3, 0.4) is 0 Å². The molecule has 0 bridgehead atoms. The molecule has 3 aromatic rings. The van der Waals surface area contributed by atoms with Gasteiger partial charge in [-0.25, -0.2) is 9.37 Å². The van der Waals surface area contributed by atoms with Crippen LogP contribution in [0.4, 0.5) is 4.39 Å². The fraction of sp³-hybridized carbons (Fsp3) is 0.407. The molecule has 0 aliphatic heterocycles. The molecule has 0 unspecified atom stereocenters. The van der Waals surface area contributed by atoms with E-state index in [4.69, 9.17) is 15.5 Å². The number of carbonyl (C=O) groups excluding carboxylic acids is 1. The SMILES string of the molecule is Cc1c(Br)nc([C@]2(Oc3ccccc3)CC[C@](C(N)=O)(c3ccc(F)cc3)CC2)n1CC1CC1. The maximum Gasteiger partial charge on any atom is 0.228 e. The van der Waals surface area contributed by atoms with E-state index >= 15 is 0 Å². The third-order valence-corrected chi connectivity index (χ3v) is 8.30. The van der Waals surface area contributed by atoms with E-state index in [0.717, 1.165) is 34.0 Å². The standard InChI is InChI=1S/C27H29BrFN3O2/c1-18-23(28)31-25(32(18)17-19-7-8-19)27(34-22-5-3-2-4-6-22)15-13-26(14-16-27,24(30)33)20-9-11-21(29)12-10-20/h2-6,9-12,19H,7-8,13-17H2,1H3,(H2,30,33)/t26-,27+. The number of nitrogens with two attached hydrogens (primary N) is 1. The topological polar surface area (TPSA) is 70.1 Å². The first-order valence-corrected chi connectivity index (χ1v) is 12.7. The van der Waals surface area contributed by atoms with E-state index in [9.17, 15) is 9.18 Å². The Hall–Kier alpha value is -2.67. The van der Waals surface area contributed by atoms with E-state index in [2.05, 4.69) is 27.4 Å². The lowest BCUT2D eigenvalue weighted by molar-refractivity contribution is -0.127. The van der Waals surface area contributed by atoms with Crippen molar-refractivity contribution in [2.45, 2.75) is 63.0 Å². The summed E-state index contributed by atoms with van der Waals surface area (Å²) in [5.41, 5.74) is 6.26. The van der Waals surface area contributed by atoms with Crippen molar-refractivity contribution in [2.24, 2.45) is 11.7 Å². The molecule has 2 aliphatic rings. The van der Waals surface area contributed by atoms with Gasteiger partial charge in [0.25, 0.3) is 0 Å². The molecule has 0 radical (unpaired) electrons. The Morgan fingerprint density at radius 3 is 2.35 bits per heavy atom. The van der Waals surface area contributed by atoms with Crippen LogP contribution in [0.2, 0.25) is 0 Å². The molecule has 5 nitrogen and oxygen atoms in total. The number of aromatic nitrogens is 2. The molecular formula is C27H29BrFN3O2.